The fourth-order valence-corrected chi connectivity index (χ4v) is 4.27. The molecule has 1 fully saturated rings. The van der Waals surface area contributed by atoms with Crippen molar-refractivity contribution in [1.82, 2.24) is 0 Å². The van der Waals surface area contributed by atoms with Gasteiger partial charge in [0.05, 0.1) is 6.61 Å². The zero-order chi connectivity index (χ0) is 17.6. The van der Waals surface area contributed by atoms with Crippen molar-refractivity contribution in [2.45, 2.75) is 71.6 Å². The molecule has 1 aliphatic carbocycles. The van der Waals surface area contributed by atoms with Gasteiger partial charge in [-0.25, -0.2) is 0 Å². The van der Waals surface area contributed by atoms with Crippen molar-refractivity contribution >= 4 is 10.8 Å². The van der Waals surface area contributed by atoms with E-state index in [1.165, 1.54) is 54.9 Å². The molecule has 0 N–H and O–H groups in total. The van der Waals surface area contributed by atoms with Crippen LogP contribution >= 0.6 is 0 Å². The fourth-order valence-electron chi connectivity index (χ4n) is 4.27. The van der Waals surface area contributed by atoms with E-state index >= 15 is 0 Å². The summed E-state index contributed by atoms with van der Waals surface area (Å²) in [7, 11) is 0. The Hall–Kier alpha value is -1.50. The summed E-state index contributed by atoms with van der Waals surface area (Å²) in [5.41, 5.74) is 1.54. The van der Waals surface area contributed by atoms with Crippen molar-refractivity contribution in [3.8, 4) is 5.75 Å². The normalized spacial score (nSPS) is 22.0. The molecule has 1 heteroatoms. The lowest BCUT2D eigenvalue weighted by atomic mass is 9.75. The lowest BCUT2D eigenvalue weighted by Crippen LogP contribution is -2.15. The van der Waals surface area contributed by atoms with Gasteiger partial charge in [-0.1, -0.05) is 51.5 Å². The molecular weight excluding hydrogens is 304 g/mol. The predicted molar refractivity (Wildman–Crippen MR) is 109 cm³/mol. The van der Waals surface area contributed by atoms with Crippen LogP contribution in [-0.4, -0.2) is 6.61 Å². The van der Waals surface area contributed by atoms with E-state index in [9.17, 15) is 0 Å². The largest absolute Gasteiger partial charge is 0.494 e. The van der Waals surface area contributed by atoms with Gasteiger partial charge in [-0.3, -0.25) is 0 Å². The molecule has 1 unspecified atom stereocenters. The van der Waals surface area contributed by atoms with Gasteiger partial charge < -0.3 is 4.74 Å². The standard InChI is InChI=1S/C24H34O/c1-4-14-25-24-13-12-22-16-21(10-11-23(22)17-24)20-8-6-19(7-9-20)15-18(3)5-2/h10-13,16-20H,4-9,14-15H2,1-3H3. The molecule has 1 atom stereocenters. The molecule has 2 aromatic rings. The molecule has 0 bridgehead atoms. The average Bonchev–Trinajstić information content (AvgIpc) is 2.66. The van der Waals surface area contributed by atoms with Gasteiger partial charge in [-0.2, -0.15) is 0 Å². The van der Waals surface area contributed by atoms with Crippen LogP contribution < -0.4 is 4.74 Å². The average molecular weight is 339 g/mol. The zero-order valence-electron chi connectivity index (χ0n) is 16.3. The van der Waals surface area contributed by atoms with Crippen LogP contribution in [0.15, 0.2) is 36.4 Å². The molecule has 25 heavy (non-hydrogen) atoms. The van der Waals surface area contributed by atoms with E-state index in [4.69, 9.17) is 4.74 Å². The summed E-state index contributed by atoms with van der Waals surface area (Å²) in [4.78, 5) is 0. The highest BCUT2D eigenvalue weighted by atomic mass is 16.5. The number of hydrogen-bond acceptors (Lipinski definition) is 1. The number of benzene rings is 2. The summed E-state index contributed by atoms with van der Waals surface area (Å²) >= 11 is 0. The number of fused-ring (bicyclic) bond motifs is 1. The first-order valence-electron chi connectivity index (χ1n) is 10.4. The summed E-state index contributed by atoms with van der Waals surface area (Å²) in [5, 5.41) is 2.64. The van der Waals surface area contributed by atoms with Crippen LogP contribution in [0.25, 0.3) is 10.8 Å². The van der Waals surface area contributed by atoms with E-state index < -0.39 is 0 Å². The van der Waals surface area contributed by atoms with Gasteiger partial charge in [0.1, 0.15) is 5.75 Å². The van der Waals surface area contributed by atoms with E-state index in [1.54, 1.807) is 0 Å². The second-order valence-corrected chi connectivity index (χ2v) is 8.08. The molecule has 0 amide bonds. The zero-order valence-corrected chi connectivity index (χ0v) is 16.3. The smallest absolute Gasteiger partial charge is 0.119 e. The second-order valence-electron chi connectivity index (χ2n) is 8.08. The van der Waals surface area contributed by atoms with Crippen molar-refractivity contribution < 1.29 is 4.74 Å². The number of ether oxygens (including phenoxy) is 1. The SMILES string of the molecule is CCCOc1ccc2cc(C3CCC(CC(C)CC)CC3)ccc2c1. The molecule has 136 valence electrons. The van der Waals surface area contributed by atoms with Gasteiger partial charge in [0.2, 0.25) is 0 Å². The molecule has 1 nitrogen and oxygen atoms in total. The minimum atomic E-state index is 0.758. The first kappa shape index (κ1) is 18.3. The van der Waals surface area contributed by atoms with E-state index in [1.807, 2.05) is 0 Å². The molecule has 2 aromatic carbocycles. The molecule has 3 rings (SSSR count). The Morgan fingerprint density at radius 3 is 2.40 bits per heavy atom. The van der Waals surface area contributed by atoms with Crippen molar-refractivity contribution in [2.75, 3.05) is 6.61 Å². The first-order chi connectivity index (χ1) is 12.2. The van der Waals surface area contributed by atoms with Gasteiger partial charge in [0.15, 0.2) is 0 Å². The lowest BCUT2D eigenvalue weighted by Gasteiger charge is -2.30. The van der Waals surface area contributed by atoms with Crippen LogP contribution in [0.4, 0.5) is 0 Å². The summed E-state index contributed by atoms with van der Waals surface area (Å²) in [6.45, 7) is 7.67. The molecule has 0 aromatic heterocycles. The summed E-state index contributed by atoms with van der Waals surface area (Å²) in [5.74, 6) is 3.61. The maximum absolute atomic E-state index is 5.76. The van der Waals surface area contributed by atoms with E-state index in [2.05, 4.69) is 57.2 Å². The van der Waals surface area contributed by atoms with Crippen LogP contribution in [0.3, 0.4) is 0 Å². The summed E-state index contributed by atoms with van der Waals surface area (Å²) in [6.07, 6.45) is 9.37. The molecule has 1 saturated carbocycles. The maximum Gasteiger partial charge on any atom is 0.119 e. The van der Waals surface area contributed by atoms with Crippen LogP contribution in [0.5, 0.6) is 5.75 Å². The van der Waals surface area contributed by atoms with Gasteiger partial charge in [0, 0.05) is 0 Å². The van der Waals surface area contributed by atoms with Gasteiger partial charge in [-0.15, -0.1) is 0 Å². The first-order valence-corrected chi connectivity index (χ1v) is 10.4. The van der Waals surface area contributed by atoms with Crippen LogP contribution in [0.2, 0.25) is 0 Å². The third-order valence-corrected chi connectivity index (χ3v) is 6.06. The van der Waals surface area contributed by atoms with Crippen molar-refractivity contribution in [2.24, 2.45) is 11.8 Å². The summed E-state index contributed by atoms with van der Waals surface area (Å²) in [6, 6.07) is 13.6. The van der Waals surface area contributed by atoms with Crippen LogP contribution in [0.1, 0.15) is 77.2 Å². The molecule has 1 aliphatic rings. The number of hydrogen-bond donors (Lipinski definition) is 0. The van der Waals surface area contributed by atoms with Crippen molar-refractivity contribution in [3.05, 3.63) is 42.0 Å². The molecule has 0 radical (unpaired) electrons. The van der Waals surface area contributed by atoms with Crippen LogP contribution in [-0.2, 0) is 0 Å². The second kappa shape index (κ2) is 8.74. The Balaban J connectivity index is 1.64. The number of rotatable bonds is 7. The highest BCUT2D eigenvalue weighted by Gasteiger charge is 2.23. The Bertz CT molecular complexity index is 667. The monoisotopic (exact) mass is 338 g/mol. The fraction of sp³-hybridized carbons (Fsp3) is 0.583. The van der Waals surface area contributed by atoms with Gasteiger partial charge in [0.25, 0.3) is 0 Å². The Morgan fingerprint density at radius 2 is 1.68 bits per heavy atom. The predicted octanol–water partition coefficient (Wildman–Crippen LogP) is 7.34. The van der Waals surface area contributed by atoms with Crippen LogP contribution in [0, 0.1) is 11.8 Å². The topological polar surface area (TPSA) is 9.23 Å². The maximum atomic E-state index is 5.76. The molecule has 0 saturated heterocycles. The Kier molecular flexibility index (Phi) is 6.39. The van der Waals surface area contributed by atoms with E-state index in [0.29, 0.717) is 0 Å². The Labute approximate surface area is 153 Å². The van der Waals surface area contributed by atoms with Crippen molar-refractivity contribution in [3.63, 3.8) is 0 Å². The third kappa shape index (κ3) is 4.77. The molecule has 0 aliphatic heterocycles. The highest BCUT2D eigenvalue weighted by Crippen LogP contribution is 2.39. The minimum absolute atomic E-state index is 0.758. The molecule has 0 spiro atoms. The molecular formula is C24H34O. The lowest BCUT2D eigenvalue weighted by molar-refractivity contribution is 0.273. The highest BCUT2D eigenvalue weighted by molar-refractivity contribution is 5.84. The quantitative estimate of drug-likeness (QED) is 0.513. The minimum Gasteiger partial charge on any atom is -0.494 e. The van der Waals surface area contributed by atoms with Gasteiger partial charge >= 0.3 is 0 Å². The summed E-state index contributed by atoms with van der Waals surface area (Å²) < 4.78 is 5.76. The van der Waals surface area contributed by atoms with Crippen molar-refractivity contribution in [1.29, 1.82) is 0 Å². The van der Waals surface area contributed by atoms with E-state index in [-0.39, 0.29) is 0 Å². The van der Waals surface area contributed by atoms with Gasteiger partial charge in [-0.05, 0) is 84.7 Å². The third-order valence-electron chi connectivity index (χ3n) is 6.06. The van der Waals surface area contributed by atoms with E-state index in [0.717, 1.165) is 36.5 Å². The molecule has 0 heterocycles. The Morgan fingerprint density at radius 1 is 0.960 bits per heavy atom.